The molecule has 1 saturated heterocycles. The van der Waals surface area contributed by atoms with Crippen LogP contribution in [0.25, 0.3) is 0 Å². The smallest absolute Gasteiger partial charge is 0.122 e. The number of hydrogen-bond acceptors (Lipinski definition) is 2. The summed E-state index contributed by atoms with van der Waals surface area (Å²) in [7, 11) is 0. The second kappa shape index (κ2) is 10.5. The van der Waals surface area contributed by atoms with Gasteiger partial charge in [-0.1, -0.05) is 45.9 Å². The molecule has 98 valence electrons. The molecule has 1 unspecified atom stereocenters. The molecule has 0 aliphatic carbocycles. The average Bonchev–Trinajstić information content (AvgIpc) is 2.90. The minimum atomic E-state index is 0.436. The van der Waals surface area contributed by atoms with Crippen LogP contribution in [0, 0.1) is 6.92 Å². The third kappa shape index (κ3) is 6.02. The van der Waals surface area contributed by atoms with Gasteiger partial charge in [-0.15, -0.1) is 0 Å². The van der Waals surface area contributed by atoms with Gasteiger partial charge in [0.2, 0.25) is 0 Å². The van der Waals surface area contributed by atoms with E-state index in [1.165, 1.54) is 17.7 Å². The summed E-state index contributed by atoms with van der Waals surface area (Å²) >= 11 is 1.98. The van der Waals surface area contributed by atoms with Crippen molar-refractivity contribution in [2.24, 2.45) is 0 Å². The van der Waals surface area contributed by atoms with Crippen LogP contribution in [0.15, 0.2) is 24.3 Å². The van der Waals surface area contributed by atoms with Gasteiger partial charge in [-0.2, -0.15) is 11.8 Å². The van der Waals surface area contributed by atoms with Crippen molar-refractivity contribution in [1.29, 1.82) is 0 Å². The number of thioether (sulfide) groups is 1. The molecule has 1 fully saturated rings. The second-order valence-electron chi connectivity index (χ2n) is 3.37. The quantitative estimate of drug-likeness (QED) is 0.740. The van der Waals surface area contributed by atoms with E-state index in [1.807, 2.05) is 51.6 Å². The van der Waals surface area contributed by atoms with Crippen LogP contribution in [0.1, 0.15) is 39.7 Å². The van der Waals surface area contributed by atoms with Gasteiger partial charge in [0.25, 0.3) is 0 Å². The Kier molecular flexibility index (Phi) is 10.1. The maximum absolute atomic E-state index is 5.89. The highest BCUT2D eigenvalue weighted by atomic mass is 32.2. The molecule has 1 aliphatic rings. The van der Waals surface area contributed by atoms with E-state index in [1.54, 1.807) is 0 Å². The van der Waals surface area contributed by atoms with E-state index in [0.29, 0.717) is 6.10 Å². The number of para-hydroxylation sites is 1. The summed E-state index contributed by atoms with van der Waals surface area (Å²) in [6.45, 7) is 10.1. The molecule has 1 nitrogen and oxygen atoms in total. The van der Waals surface area contributed by atoms with Crippen LogP contribution in [-0.2, 0) is 0 Å². The van der Waals surface area contributed by atoms with Gasteiger partial charge in [-0.05, 0) is 30.7 Å². The molecular weight excluding hydrogens is 228 g/mol. The molecule has 0 spiro atoms. The van der Waals surface area contributed by atoms with Crippen LogP contribution in [0.3, 0.4) is 0 Å². The molecule has 0 N–H and O–H groups in total. The Hall–Kier alpha value is -0.630. The molecule has 1 aromatic carbocycles. The maximum Gasteiger partial charge on any atom is 0.122 e. The first-order valence-electron chi connectivity index (χ1n) is 6.66. The minimum Gasteiger partial charge on any atom is -0.489 e. The third-order valence-corrected chi connectivity index (χ3v) is 3.41. The Morgan fingerprint density at radius 2 is 1.76 bits per heavy atom. The van der Waals surface area contributed by atoms with Crippen LogP contribution in [0.5, 0.6) is 5.75 Å². The Morgan fingerprint density at radius 1 is 1.12 bits per heavy atom. The molecule has 2 rings (SSSR count). The molecule has 1 atom stereocenters. The van der Waals surface area contributed by atoms with Crippen molar-refractivity contribution in [3.63, 3.8) is 0 Å². The van der Waals surface area contributed by atoms with Crippen LogP contribution >= 0.6 is 11.8 Å². The maximum atomic E-state index is 5.89. The summed E-state index contributed by atoms with van der Waals surface area (Å²) in [5.74, 6) is 3.44. The third-order valence-electron chi connectivity index (χ3n) is 2.28. The zero-order valence-corrected chi connectivity index (χ0v) is 12.6. The summed E-state index contributed by atoms with van der Waals surface area (Å²) in [5, 5.41) is 0. The summed E-state index contributed by atoms with van der Waals surface area (Å²) in [6.07, 6.45) is 1.63. The first kappa shape index (κ1) is 16.4. The van der Waals surface area contributed by atoms with Crippen LogP contribution in [-0.4, -0.2) is 17.6 Å². The van der Waals surface area contributed by atoms with E-state index in [2.05, 4.69) is 19.1 Å². The summed E-state index contributed by atoms with van der Waals surface area (Å²) in [6, 6.07) is 8.23. The molecule has 1 aliphatic heterocycles. The average molecular weight is 254 g/mol. The fourth-order valence-electron chi connectivity index (χ4n) is 1.47. The standard InChI is InChI=1S/C11H14OS.2C2H6/c1-9-4-2-3-5-11(9)12-10-6-7-13-8-10;2*1-2/h2-5,10H,6-8H2,1H3;2*1-2H3. The van der Waals surface area contributed by atoms with Gasteiger partial charge in [-0.3, -0.25) is 0 Å². The lowest BCUT2D eigenvalue weighted by Crippen LogP contribution is -2.15. The van der Waals surface area contributed by atoms with Crippen molar-refractivity contribution in [2.75, 3.05) is 11.5 Å². The number of aryl methyl sites for hydroxylation is 1. The number of ether oxygens (including phenoxy) is 1. The molecule has 0 amide bonds. The Bertz CT molecular complexity index is 280. The summed E-state index contributed by atoms with van der Waals surface area (Å²) in [4.78, 5) is 0. The van der Waals surface area contributed by atoms with E-state index in [9.17, 15) is 0 Å². The van der Waals surface area contributed by atoms with Crippen molar-refractivity contribution in [1.82, 2.24) is 0 Å². The largest absolute Gasteiger partial charge is 0.489 e. The monoisotopic (exact) mass is 254 g/mol. The molecule has 0 aromatic heterocycles. The molecule has 1 heterocycles. The molecule has 0 saturated carbocycles. The van der Waals surface area contributed by atoms with Crippen molar-refractivity contribution in [3.05, 3.63) is 29.8 Å². The van der Waals surface area contributed by atoms with E-state index < -0.39 is 0 Å². The minimum absolute atomic E-state index is 0.436. The molecule has 2 heteroatoms. The van der Waals surface area contributed by atoms with Crippen molar-refractivity contribution < 1.29 is 4.74 Å². The zero-order chi connectivity index (χ0) is 13.1. The topological polar surface area (TPSA) is 9.23 Å². The molecule has 17 heavy (non-hydrogen) atoms. The van der Waals surface area contributed by atoms with Gasteiger partial charge in [0.1, 0.15) is 11.9 Å². The highest BCUT2D eigenvalue weighted by Crippen LogP contribution is 2.24. The van der Waals surface area contributed by atoms with E-state index in [0.717, 1.165) is 11.5 Å². The van der Waals surface area contributed by atoms with Gasteiger partial charge in [0.15, 0.2) is 0 Å². The fourth-order valence-corrected chi connectivity index (χ4v) is 2.57. The lowest BCUT2D eigenvalue weighted by atomic mass is 10.2. The fraction of sp³-hybridized carbons (Fsp3) is 0.600. The highest BCUT2D eigenvalue weighted by molar-refractivity contribution is 7.99. The molecule has 1 aromatic rings. The molecular formula is C15H26OS. The normalized spacial score (nSPS) is 17.4. The van der Waals surface area contributed by atoms with Crippen molar-refractivity contribution in [2.45, 2.75) is 47.1 Å². The van der Waals surface area contributed by atoms with Gasteiger partial charge >= 0.3 is 0 Å². The van der Waals surface area contributed by atoms with Gasteiger partial charge in [-0.25, -0.2) is 0 Å². The van der Waals surface area contributed by atoms with Crippen LogP contribution in [0.4, 0.5) is 0 Å². The SMILES string of the molecule is CC.CC.Cc1ccccc1OC1CCSC1. The highest BCUT2D eigenvalue weighted by Gasteiger charge is 2.17. The van der Waals surface area contributed by atoms with Gasteiger partial charge in [0.05, 0.1) is 0 Å². The van der Waals surface area contributed by atoms with E-state index in [4.69, 9.17) is 4.74 Å². The Balaban J connectivity index is 0.000000581. The number of rotatable bonds is 2. The first-order chi connectivity index (χ1) is 8.36. The van der Waals surface area contributed by atoms with Crippen LogP contribution in [0.2, 0.25) is 0 Å². The number of hydrogen-bond donors (Lipinski definition) is 0. The predicted octanol–water partition coefficient (Wildman–Crippen LogP) is 4.93. The first-order valence-corrected chi connectivity index (χ1v) is 7.82. The lowest BCUT2D eigenvalue weighted by molar-refractivity contribution is 0.228. The molecule has 0 bridgehead atoms. The second-order valence-corrected chi connectivity index (χ2v) is 4.52. The zero-order valence-electron chi connectivity index (χ0n) is 11.8. The lowest BCUT2D eigenvalue weighted by Gasteiger charge is -2.13. The van der Waals surface area contributed by atoms with E-state index in [-0.39, 0.29) is 0 Å². The van der Waals surface area contributed by atoms with Crippen LogP contribution < -0.4 is 4.74 Å². The predicted molar refractivity (Wildman–Crippen MR) is 80.2 cm³/mol. The van der Waals surface area contributed by atoms with Gasteiger partial charge < -0.3 is 4.74 Å². The Morgan fingerprint density at radius 3 is 2.29 bits per heavy atom. The summed E-state index contributed by atoms with van der Waals surface area (Å²) in [5.41, 5.74) is 1.24. The van der Waals surface area contributed by atoms with Crippen molar-refractivity contribution >= 4 is 11.8 Å². The van der Waals surface area contributed by atoms with E-state index >= 15 is 0 Å². The summed E-state index contributed by atoms with van der Waals surface area (Å²) < 4.78 is 5.89. The molecule has 0 radical (unpaired) electrons. The number of benzene rings is 1. The van der Waals surface area contributed by atoms with Crippen molar-refractivity contribution in [3.8, 4) is 5.75 Å². The van der Waals surface area contributed by atoms with Gasteiger partial charge in [0, 0.05) is 5.75 Å². The Labute approximate surface area is 111 Å².